The topological polar surface area (TPSA) is 60.2 Å². The van der Waals surface area contributed by atoms with Crippen LogP contribution in [0.25, 0.3) is 0 Å². The van der Waals surface area contributed by atoms with Crippen LogP contribution in [0, 0.1) is 5.82 Å². The first-order chi connectivity index (χ1) is 9.24. The number of pyridine rings is 1. The number of nitrogens with zero attached hydrogens (tertiary/aromatic N) is 1. The minimum atomic E-state index is -0.237. The summed E-state index contributed by atoms with van der Waals surface area (Å²) in [4.78, 5) is 4.07. The van der Waals surface area contributed by atoms with E-state index in [0.717, 1.165) is 5.56 Å². The Kier molecular flexibility index (Phi) is 4.43. The van der Waals surface area contributed by atoms with Crippen LogP contribution in [-0.4, -0.2) is 12.1 Å². The van der Waals surface area contributed by atoms with Crippen molar-refractivity contribution >= 4 is 0 Å². The maximum Gasteiger partial charge on any atom is 0.137 e. The Balaban J connectivity index is 2.22. The summed E-state index contributed by atoms with van der Waals surface area (Å²) in [5.41, 5.74) is 4.14. The zero-order valence-electron chi connectivity index (χ0n) is 10.6. The number of hydrogen-bond acceptors (Lipinski definition) is 4. The third-order valence-corrected chi connectivity index (χ3v) is 2.96. The Labute approximate surface area is 111 Å². The van der Waals surface area contributed by atoms with Gasteiger partial charge in [-0.25, -0.2) is 4.39 Å². The van der Waals surface area contributed by atoms with E-state index >= 15 is 0 Å². The number of hydrogen-bond donors (Lipinski definition) is 2. The SMILES string of the molecule is COc1cncc(C(Cc2ccccc2F)NN)c1. The Bertz CT molecular complexity index is 548. The molecule has 0 fully saturated rings. The number of benzene rings is 1. The molecule has 0 radical (unpaired) electrons. The van der Waals surface area contributed by atoms with Gasteiger partial charge in [0.05, 0.1) is 19.3 Å². The Morgan fingerprint density at radius 3 is 2.84 bits per heavy atom. The highest BCUT2D eigenvalue weighted by atomic mass is 19.1. The molecule has 2 aromatic rings. The van der Waals surface area contributed by atoms with Gasteiger partial charge in [0.2, 0.25) is 0 Å². The fourth-order valence-electron chi connectivity index (χ4n) is 1.89. The molecule has 1 heterocycles. The van der Waals surface area contributed by atoms with E-state index in [1.54, 1.807) is 37.7 Å². The molecule has 2 rings (SSSR count). The lowest BCUT2D eigenvalue weighted by atomic mass is 10.0. The maximum atomic E-state index is 13.6. The van der Waals surface area contributed by atoms with Gasteiger partial charge in [-0.05, 0) is 29.7 Å². The summed E-state index contributed by atoms with van der Waals surface area (Å²) in [6, 6.07) is 8.25. The minimum Gasteiger partial charge on any atom is -0.495 e. The highest BCUT2D eigenvalue weighted by Crippen LogP contribution is 2.21. The van der Waals surface area contributed by atoms with Crippen molar-refractivity contribution in [1.29, 1.82) is 0 Å². The molecular formula is C14H16FN3O. The van der Waals surface area contributed by atoms with Gasteiger partial charge in [-0.15, -0.1) is 0 Å². The molecule has 1 aromatic carbocycles. The van der Waals surface area contributed by atoms with Crippen LogP contribution in [0.5, 0.6) is 5.75 Å². The first-order valence-electron chi connectivity index (χ1n) is 5.93. The van der Waals surface area contributed by atoms with Crippen LogP contribution in [0.3, 0.4) is 0 Å². The lowest BCUT2D eigenvalue weighted by molar-refractivity contribution is 0.410. The zero-order valence-corrected chi connectivity index (χ0v) is 10.6. The molecule has 0 aliphatic rings. The van der Waals surface area contributed by atoms with Crippen molar-refractivity contribution < 1.29 is 9.13 Å². The second-order valence-corrected chi connectivity index (χ2v) is 4.17. The molecule has 0 saturated heterocycles. The number of ether oxygens (including phenoxy) is 1. The van der Waals surface area contributed by atoms with Crippen LogP contribution in [0.4, 0.5) is 4.39 Å². The first kappa shape index (κ1) is 13.5. The molecule has 0 aliphatic heterocycles. The van der Waals surface area contributed by atoms with Gasteiger partial charge in [-0.3, -0.25) is 16.3 Å². The highest BCUT2D eigenvalue weighted by Gasteiger charge is 2.14. The summed E-state index contributed by atoms with van der Waals surface area (Å²) in [5, 5.41) is 0. The Hall–Kier alpha value is -1.98. The zero-order chi connectivity index (χ0) is 13.7. The van der Waals surface area contributed by atoms with E-state index in [1.165, 1.54) is 6.07 Å². The van der Waals surface area contributed by atoms with Crippen LogP contribution in [0.2, 0.25) is 0 Å². The molecule has 19 heavy (non-hydrogen) atoms. The number of halogens is 1. The fourth-order valence-corrected chi connectivity index (χ4v) is 1.89. The second-order valence-electron chi connectivity index (χ2n) is 4.17. The third kappa shape index (κ3) is 3.27. The molecule has 0 aliphatic carbocycles. The molecule has 100 valence electrons. The average molecular weight is 261 g/mol. The molecule has 3 N–H and O–H groups in total. The third-order valence-electron chi connectivity index (χ3n) is 2.96. The van der Waals surface area contributed by atoms with Gasteiger partial charge >= 0.3 is 0 Å². The molecule has 5 heteroatoms. The van der Waals surface area contributed by atoms with Gasteiger partial charge < -0.3 is 4.74 Å². The van der Waals surface area contributed by atoms with E-state index < -0.39 is 0 Å². The number of methoxy groups -OCH3 is 1. The number of aromatic nitrogens is 1. The van der Waals surface area contributed by atoms with E-state index in [0.29, 0.717) is 17.7 Å². The van der Waals surface area contributed by atoms with Crippen molar-refractivity contribution in [1.82, 2.24) is 10.4 Å². The summed E-state index contributed by atoms with van der Waals surface area (Å²) >= 11 is 0. The molecular weight excluding hydrogens is 245 g/mol. The van der Waals surface area contributed by atoms with Gasteiger partial charge in [0.15, 0.2) is 0 Å². The number of nitrogens with two attached hydrogens (primary N) is 1. The van der Waals surface area contributed by atoms with E-state index in [4.69, 9.17) is 10.6 Å². The Morgan fingerprint density at radius 2 is 2.16 bits per heavy atom. The lowest BCUT2D eigenvalue weighted by Crippen LogP contribution is -2.29. The largest absolute Gasteiger partial charge is 0.495 e. The molecule has 4 nitrogen and oxygen atoms in total. The number of nitrogens with one attached hydrogen (secondary N) is 1. The van der Waals surface area contributed by atoms with Crippen molar-refractivity contribution in [2.24, 2.45) is 5.84 Å². The summed E-state index contributed by atoms with van der Waals surface area (Å²) < 4.78 is 18.8. The fraction of sp³-hybridized carbons (Fsp3) is 0.214. The molecule has 0 spiro atoms. The van der Waals surface area contributed by atoms with Crippen LogP contribution in [0.1, 0.15) is 17.2 Å². The maximum absolute atomic E-state index is 13.6. The summed E-state index contributed by atoms with van der Waals surface area (Å²) in [6.45, 7) is 0. The van der Waals surface area contributed by atoms with Crippen molar-refractivity contribution in [3.05, 3.63) is 59.7 Å². The van der Waals surface area contributed by atoms with Crippen molar-refractivity contribution in [2.45, 2.75) is 12.5 Å². The van der Waals surface area contributed by atoms with Gasteiger partial charge in [0.1, 0.15) is 11.6 Å². The van der Waals surface area contributed by atoms with Crippen LogP contribution in [0.15, 0.2) is 42.7 Å². The van der Waals surface area contributed by atoms with Gasteiger partial charge in [0.25, 0.3) is 0 Å². The predicted octanol–water partition coefficient (Wildman–Crippen LogP) is 1.98. The van der Waals surface area contributed by atoms with Crippen LogP contribution >= 0.6 is 0 Å². The van der Waals surface area contributed by atoms with E-state index in [1.807, 2.05) is 6.07 Å². The lowest BCUT2D eigenvalue weighted by Gasteiger charge is -2.17. The Morgan fingerprint density at radius 1 is 1.37 bits per heavy atom. The van der Waals surface area contributed by atoms with Crippen LogP contribution < -0.4 is 16.0 Å². The van der Waals surface area contributed by atoms with E-state index in [9.17, 15) is 4.39 Å². The molecule has 1 aromatic heterocycles. The molecule has 1 unspecified atom stereocenters. The smallest absolute Gasteiger partial charge is 0.137 e. The van der Waals surface area contributed by atoms with Crippen molar-refractivity contribution in [3.63, 3.8) is 0 Å². The van der Waals surface area contributed by atoms with E-state index in [2.05, 4.69) is 10.4 Å². The second kappa shape index (κ2) is 6.26. The molecule has 0 saturated carbocycles. The number of hydrazine groups is 1. The number of rotatable bonds is 5. The van der Waals surface area contributed by atoms with Gasteiger partial charge in [0, 0.05) is 6.20 Å². The molecule has 0 amide bonds. The van der Waals surface area contributed by atoms with Gasteiger partial charge in [-0.2, -0.15) is 0 Å². The normalized spacial score (nSPS) is 12.2. The standard InChI is InChI=1S/C14H16FN3O/c1-19-12-6-11(8-17-9-12)14(18-16)7-10-4-2-3-5-13(10)15/h2-6,8-9,14,18H,7,16H2,1H3. The van der Waals surface area contributed by atoms with E-state index in [-0.39, 0.29) is 11.9 Å². The monoisotopic (exact) mass is 261 g/mol. The summed E-state index contributed by atoms with van der Waals surface area (Å²) in [6.07, 6.45) is 3.74. The molecule has 1 atom stereocenters. The van der Waals surface area contributed by atoms with Crippen molar-refractivity contribution in [3.8, 4) is 5.75 Å². The summed E-state index contributed by atoms with van der Waals surface area (Å²) in [7, 11) is 1.57. The van der Waals surface area contributed by atoms with Gasteiger partial charge in [-0.1, -0.05) is 18.2 Å². The quantitative estimate of drug-likeness (QED) is 0.638. The average Bonchev–Trinajstić information content (AvgIpc) is 2.46. The minimum absolute atomic E-state index is 0.223. The van der Waals surface area contributed by atoms with Crippen LogP contribution in [-0.2, 0) is 6.42 Å². The summed E-state index contributed by atoms with van der Waals surface area (Å²) in [5.74, 6) is 5.96. The van der Waals surface area contributed by atoms with Crippen molar-refractivity contribution in [2.75, 3.05) is 7.11 Å². The first-order valence-corrected chi connectivity index (χ1v) is 5.93. The predicted molar refractivity (Wildman–Crippen MR) is 71.0 cm³/mol. The highest BCUT2D eigenvalue weighted by molar-refractivity contribution is 5.28. The molecule has 0 bridgehead atoms.